The second-order valence-corrected chi connectivity index (χ2v) is 11.0. The SMILES string of the molecule is COc1ccc(CNc2nccc(-c3[nH]c(C4OCC(C)(C(=O)N5CCC(O)C5)CO4)nc3-c3ccc(F)cc3)n2)cc1. The third kappa shape index (κ3) is 6.21. The van der Waals surface area contributed by atoms with Crippen LogP contribution in [-0.2, 0) is 20.8 Å². The van der Waals surface area contributed by atoms with Crippen LogP contribution in [0.4, 0.5) is 10.3 Å². The molecule has 4 heterocycles. The molecule has 0 radical (unpaired) electrons. The maximum atomic E-state index is 13.8. The number of hydrogen-bond acceptors (Lipinski definition) is 9. The van der Waals surface area contributed by atoms with Crippen LogP contribution in [0.2, 0.25) is 0 Å². The lowest BCUT2D eigenvalue weighted by atomic mass is 9.90. The number of nitrogens with zero attached hydrogens (tertiary/aromatic N) is 4. The van der Waals surface area contributed by atoms with E-state index in [0.29, 0.717) is 60.5 Å². The predicted molar refractivity (Wildman–Crippen MR) is 155 cm³/mol. The van der Waals surface area contributed by atoms with E-state index < -0.39 is 17.8 Å². The lowest BCUT2D eigenvalue weighted by Crippen LogP contribution is -2.49. The largest absolute Gasteiger partial charge is 0.497 e. The van der Waals surface area contributed by atoms with Crippen molar-refractivity contribution in [2.24, 2.45) is 5.41 Å². The summed E-state index contributed by atoms with van der Waals surface area (Å²) in [6, 6.07) is 15.5. The lowest BCUT2D eigenvalue weighted by Gasteiger charge is -2.37. The second-order valence-electron chi connectivity index (χ2n) is 11.0. The molecule has 224 valence electrons. The smallest absolute Gasteiger partial charge is 0.233 e. The summed E-state index contributed by atoms with van der Waals surface area (Å²) in [5, 5.41) is 13.1. The molecule has 6 rings (SSSR count). The van der Waals surface area contributed by atoms with Gasteiger partial charge in [-0.25, -0.2) is 19.3 Å². The molecule has 0 saturated carbocycles. The number of aliphatic hydroxyl groups excluding tert-OH is 1. The molecule has 1 atom stereocenters. The van der Waals surface area contributed by atoms with Gasteiger partial charge in [0.25, 0.3) is 0 Å². The van der Waals surface area contributed by atoms with Gasteiger partial charge in [0, 0.05) is 31.4 Å². The number of carbonyl (C=O) groups is 1. The summed E-state index contributed by atoms with van der Waals surface area (Å²) < 4.78 is 31.1. The number of anilines is 1. The van der Waals surface area contributed by atoms with Crippen molar-refractivity contribution < 1.29 is 28.5 Å². The van der Waals surface area contributed by atoms with Crippen LogP contribution < -0.4 is 10.1 Å². The Morgan fingerprint density at radius 3 is 2.56 bits per heavy atom. The first-order valence-corrected chi connectivity index (χ1v) is 14.1. The van der Waals surface area contributed by atoms with Crippen LogP contribution in [0.15, 0.2) is 60.8 Å². The van der Waals surface area contributed by atoms with Crippen molar-refractivity contribution in [1.82, 2.24) is 24.8 Å². The third-order valence-electron chi connectivity index (χ3n) is 7.66. The minimum Gasteiger partial charge on any atom is -0.497 e. The van der Waals surface area contributed by atoms with Crippen LogP contribution in [0.3, 0.4) is 0 Å². The van der Waals surface area contributed by atoms with Crippen molar-refractivity contribution in [2.45, 2.75) is 32.3 Å². The number of amides is 1. The normalized spacial score (nSPS) is 22.0. The average molecular weight is 589 g/mol. The molecule has 2 aromatic heterocycles. The van der Waals surface area contributed by atoms with Crippen molar-refractivity contribution in [3.8, 4) is 28.4 Å². The summed E-state index contributed by atoms with van der Waals surface area (Å²) in [6.45, 7) is 3.38. The van der Waals surface area contributed by atoms with E-state index >= 15 is 0 Å². The van der Waals surface area contributed by atoms with Crippen molar-refractivity contribution in [1.29, 1.82) is 0 Å². The van der Waals surface area contributed by atoms with Gasteiger partial charge in [0.05, 0.1) is 48.9 Å². The summed E-state index contributed by atoms with van der Waals surface area (Å²) in [6.07, 6.45) is 0.854. The van der Waals surface area contributed by atoms with Crippen LogP contribution in [0, 0.1) is 11.2 Å². The Bertz CT molecular complexity index is 1570. The Hall–Kier alpha value is -4.39. The van der Waals surface area contributed by atoms with Crippen LogP contribution in [0.1, 0.15) is 31.0 Å². The highest BCUT2D eigenvalue weighted by atomic mass is 19.1. The molecule has 43 heavy (non-hydrogen) atoms. The first-order valence-electron chi connectivity index (χ1n) is 14.1. The highest BCUT2D eigenvalue weighted by Gasteiger charge is 2.44. The summed E-state index contributed by atoms with van der Waals surface area (Å²) in [5.41, 5.74) is 2.51. The first-order chi connectivity index (χ1) is 20.8. The number of aromatic amines is 1. The van der Waals surface area contributed by atoms with E-state index in [9.17, 15) is 14.3 Å². The molecule has 2 fully saturated rings. The minimum absolute atomic E-state index is 0.106. The van der Waals surface area contributed by atoms with Gasteiger partial charge >= 0.3 is 0 Å². The Morgan fingerprint density at radius 1 is 1.14 bits per heavy atom. The molecule has 0 aliphatic carbocycles. The van der Waals surface area contributed by atoms with E-state index in [2.05, 4.69) is 15.3 Å². The minimum atomic E-state index is -0.882. The molecule has 2 aliphatic rings. The number of H-pyrrole nitrogens is 1. The number of rotatable bonds is 8. The number of halogens is 1. The van der Waals surface area contributed by atoms with Crippen molar-refractivity contribution >= 4 is 11.9 Å². The van der Waals surface area contributed by atoms with Crippen LogP contribution in [-0.4, -0.2) is 75.4 Å². The number of nitrogens with one attached hydrogen (secondary N) is 2. The second kappa shape index (κ2) is 12.1. The Labute approximate surface area is 248 Å². The van der Waals surface area contributed by atoms with Gasteiger partial charge in [0.15, 0.2) is 5.82 Å². The van der Waals surface area contributed by atoms with E-state index in [1.165, 1.54) is 12.1 Å². The van der Waals surface area contributed by atoms with Gasteiger partial charge in [0.2, 0.25) is 18.1 Å². The average Bonchev–Trinajstić information content (AvgIpc) is 3.68. The highest BCUT2D eigenvalue weighted by molar-refractivity contribution is 5.83. The van der Waals surface area contributed by atoms with E-state index in [-0.39, 0.29) is 24.9 Å². The lowest BCUT2D eigenvalue weighted by molar-refractivity contribution is -0.234. The fourth-order valence-electron chi connectivity index (χ4n) is 5.21. The zero-order valence-corrected chi connectivity index (χ0v) is 23.9. The van der Waals surface area contributed by atoms with Gasteiger partial charge in [-0.15, -0.1) is 0 Å². The molecule has 4 aromatic rings. The number of imidazole rings is 1. The number of aromatic nitrogens is 4. The molecule has 0 bridgehead atoms. The highest BCUT2D eigenvalue weighted by Crippen LogP contribution is 2.36. The van der Waals surface area contributed by atoms with Gasteiger partial charge in [0.1, 0.15) is 11.6 Å². The van der Waals surface area contributed by atoms with E-state index in [0.717, 1.165) is 11.3 Å². The predicted octanol–water partition coefficient (Wildman–Crippen LogP) is 3.94. The van der Waals surface area contributed by atoms with Crippen molar-refractivity contribution in [3.05, 3.63) is 78.0 Å². The number of hydrogen-bond donors (Lipinski definition) is 3. The Kier molecular flexibility index (Phi) is 8.06. The summed E-state index contributed by atoms with van der Waals surface area (Å²) in [7, 11) is 1.63. The molecule has 12 heteroatoms. The van der Waals surface area contributed by atoms with Gasteiger partial charge in [-0.1, -0.05) is 12.1 Å². The monoisotopic (exact) mass is 588 g/mol. The van der Waals surface area contributed by atoms with Gasteiger partial charge < -0.3 is 34.5 Å². The molecule has 2 saturated heterocycles. The molecule has 3 N–H and O–H groups in total. The number of benzene rings is 2. The number of likely N-dealkylation sites (tertiary alicyclic amines) is 1. The zero-order valence-electron chi connectivity index (χ0n) is 23.9. The fourth-order valence-corrected chi connectivity index (χ4v) is 5.21. The number of β-amino-alcohol motifs (C(OH)–C–C–N with tert-alkyl or cyclic N) is 1. The Balaban J connectivity index is 1.23. The molecule has 1 amide bonds. The van der Waals surface area contributed by atoms with Gasteiger partial charge in [-0.3, -0.25) is 4.79 Å². The summed E-state index contributed by atoms with van der Waals surface area (Å²) in [5.74, 6) is 1.12. The maximum Gasteiger partial charge on any atom is 0.233 e. The molecular weight excluding hydrogens is 555 g/mol. The molecule has 11 nitrogen and oxygen atoms in total. The number of ether oxygens (including phenoxy) is 3. The maximum absolute atomic E-state index is 13.8. The topological polar surface area (TPSA) is 135 Å². The molecule has 2 aromatic carbocycles. The quantitative estimate of drug-likeness (QED) is 0.280. The molecular formula is C31H33FN6O5. The Morgan fingerprint density at radius 2 is 1.88 bits per heavy atom. The van der Waals surface area contributed by atoms with Crippen LogP contribution in [0.25, 0.3) is 22.6 Å². The van der Waals surface area contributed by atoms with E-state index in [1.807, 2.05) is 24.3 Å². The van der Waals surface area contributed by atoms with Gasteiger partial charge in [-0.05, 0) is 61.4 Å². The first kappa shape index (κ1) is 28.7. The van der Waals surface area contributed by atoms with Crippen LogP contribution >= 0.6 is 0 Å². The number of carbonyl (C=O) groups excluding carboxylic acids is 1. The van der Waals surface area contributed by atoms with E-state index in [1.54, 1.807) is 43.3 Å². The fraction of sp³-hybridized carbons (Fsp3) is 0.355. The van der Waals surface area contributed by atoms with E-state index in [4.69, 9.17) is 24.2 Å². The standard InChI is InChI=1S/C31H33FN6O5/c1-31(29(40)38-14-12-22(39)16-38)17-42-28(43-18-31)27-36-25(20-5-7-21(32)8-6-20)26(37-27)24-11-13-33-30(35-24)34-15-19-3-9-23(41-2)10-4-19/h3-11,13,22,28,39H,12,14-18H2,1-2H3,(H,36,37)(H,33,34,35). The van der Waals surface area contributed by atoms with Crippen molar-refractivity contribution in [2.75, 3.05) is 38.7 Å². The third-order valence-corrected chi connectivity index (χ3v) is 7.66. The van der Waals surface area contributed by atoms with Crippen LogP contribution in [0.5, 0.6) is 5.75 Å². The summed E-state index contributed by atoms with van der Waals surface area (Å²) in [4.78, 5) is 31.9. The molecule has 2 aliphatic heterocycles. The zero-order chi connectivity index (χ0) is 30.0. The number of methoxy groups -OCH3 is 1. The molecule has 1 unspecified atom stereocenters. The van der Waals surface area contributed by atoms with Crippen molar-refractivity contribution in [3.63, 3.8) is 0 Å². The van der Waals surface area contributed by atoms with Gasteiger partial charge in [-0.2, -0.15) is 0 Å². The number of aliphatic hydroxyl groups is 1. The summed E-state index contributed by atoms with van der Waals surface area (Å²) >= 11 is 0. The molecule has 0 spiro atoms.